The SMILES string of the molecule is COC(=O)CC1c2ccccc2C(=O)N1[C@@H]1CC[C@@]2(O)[C@H]3Cc4ccc(O)c5c4[C@@]2(CCN3CC2CC2)[C@H]1O5. The van der Waals surface area contributed by atoms with Gasteiger partial charge in [0.1, 0.15) is 6.10 Å². The molecule has 0 aromatic heterocycles. The van der Waals surface area contributed by atoms with E-state index in [0.29, 0.717) is 36.5 Å². The predicted octanol–water partition coefficient (Wildman–Crippen LogP) is 3.09. The zero-order valence-corrected chi connectivity index (χ0v) is 22.1. The smallest absolute Gasteiger partial charge is 0.307 e. The highest BCUT2D eigenvalue weighted by molar-refractivity contribution is 6.00. The van der Waals surface area contributed by atoms with Gasteiger partial charge in [-0.1, -0.05) is 24.3 Å². The Bertz CT molecular complexity index is 1410. The summed E-state index contributed by atoms with van der Waals surface area (Å²) < 4.78 is 11.8. The molecule has 2 aromatic carbocycles. The summed E-state index contributed by atoms with van der Waals surface area (Å²) in [5, 5.41) is 23.7. The van der Waals surface area contributed by atoms with Gasteiger partial charge in [-0.05, 0) is 74.2 Å². The first-order valence-electron chi connectivity index (χ1n) is 14.3. The number of phenols is 1. The molecule has 3 heterocycles. The van der Waals surface area contributed by atoms with Crippen LogP contribution in [0.2, 0.25) is 0 Å². The molecular weight excluding hydrogens is 496 g/mol. The van der Waals surface area contributed by atoms with Crippen LogP contribution in [0, 0.1) is 5.92 Å². The minimum absolute atomic E-state index is 0.0285. The zero-order chi connectivity index (χ0) is 26.7. The zero-order valence-electron chi connectivity index (χ0n) is 22.1. The molecule has 1 spiro atoms. The second-order valence-corrected chi connectivity index (χ2v) is 12.5. The molecule has 8 nitrogen and oxygen atoms in total. The van der Waals surface area contributed by atoms with Gasteiger partial charge in [-0.15, -0.1) is 0 Å². The molecule has 204 valence electrons. The van der Waals surface area contributed by atoms with Gasteiger partial charge in [0.05, 0.1) is 36.6 Å². The van der Waals surface area contributed by atoms with Gasteiger partial charge in [0, 0.05) is 23.7 Å². The number of nitrogens with zero attached hydrogens (tertiary/aromatic N) is 2. The van der Waals surface area contributed by atoms with Gasteiger partial charge >= 0.3 is 5.97 Å². The molecule has 8 rings (SSSR count). The Kier molecular flexibility index (Phi) is 4.86. The molecule has 3 aliphatic heterocycles. The third-order valence-corrected chi connectivity index (χ3v) is 10.8. The van der Waals surface area contributed by atoms with E-state index < -0.39 is 23.2 Å². The van der Waals surface area contributed by atoms with Gasteiger partial charge in [-0.25, -0.2) is 0 Å². The number of benzene rings is 2. The first-order valence-corrected chi connectivity index (χ1v) is 14.3. The molecule has 2 bridgehead atoms. The standard InChI is InChI=1S/C31H34N2O6/c1-38-25(35)15-22-19-4-2-3-5-20(19)29(36)33(22)21-10-11-31(37)24-14-18-8-9-23(34)27-26(18)30(31,28(21)39-27)12-13-32(24)16-17-6-7-17/h2-5,8-9,17,21-22,24,28,34,37H,6-7,10-16H2,1H3/t21-,22?,24-,28+,30+,31-/m1/s1. The second-order valence-electron chi connectivity index (χ2n) is 12.5. The van der Waals surface area contributed by atoms with E-state index >= 15 is 0 Å². The number of hydrogen-bond acceptors (Lipinski definition) is 7. The van der Waals surface area contributed by atoms with E-state index in [2.05, 4.69) is 4.90 Å². The average molecular weight is 531 g/mol. The Morgan fingerprint density at radius 1 is 1.15 bits per heavy atom. The lowest BCUT2D eigenvalue weighted by Gasteiger charge is -2.65. The molecule has 8 heteroatoms. The number of esters is 1. The molecule has 6 atom stereocenters. The summed E-state index contributed by atoms with van der Waals surface area (Å²) in [6.45, 7) is 1.86. The number of piperidine rings is 1. The first kappa shape index (κ1) is 23.8. The highest BCUT2D eigenvalue weighted by atomic mass is 16.5. The van der Waals surface area contributed by atoms with Crippen molar-refractivity contribution in [1.82, 2.24) is 9.80 Å². The van der Waals surface area contributed by atoms with Crippen LogP contribution in [0.1, 0.15) is 71.6 Å². The van der Waals surface area contributed by atoms with Crippen LogP contribution >= 0.6 is 0 Å². The van der Waals surface area contributed by atoms with Crippen LogP contribution < -0.4 is 4.74 Å². The van der Waals surface area contributed by atoms with Crippen molar-refractivity contribution < 1.29 is 29.3 Å². The van der Waals surface area contributed by atoms with E-state index in [0.717, 1.165) is 36.2 Å². The third-order valence-electron chi connectivity index (χ3n) is 10.8. The number of amides is 1. The van der Waals surface area contributed by atoms with Crippen LogP contribution in [0.3, 0.4) is 0 Å². The lowest BCUT2D eigenvalue weighted by molar-refractivity contribution is -0.200. The Labute approximate surface area is 227 Å². The number of phenolic OH excluding ortho intramolecular Hbond substituents is 1. The molecule has 39 heavy (non-hydrogen) atoms. The molecule has 3 aliphatic carbocycles. The molecule has 3 fully saturated rings. The van der Waals surface area contributed by atoms with Crippen molar-refractivity contribution in [2.45, 2.75) is 80.2 Å². The van der Waals surface area contributed by atoms with Gasteiger partial charge in [-0.2, -0.15) is 0 Å². The minimum atomic E-state index is -1.03. The van der Waals surface area contributed by atoms with Crippen molar-refractivity contribution >= 4 is 11.9 Å². The summed E-state index contributed by atoms with van der Waals surface area (Å²) in [7, 11) is 1.37. The maximum absolute atomic E-state index is 14.0. The van der Waals surface area contributed by atoms with Gasteiger partial charge in [0.15, 0.2) is 11.5 Å². The van der Waals surface area contributed by atoms with Crippen molar-refractivity contribution in [1.29, 1.82) is 0 Å². The van der Waals surface area contributed by atoms with Crippen molar-refractivity contribution in [2.75, 3.05) is 20.2 Å². The van der Waals surface area contributed by atoms with E-state index in [1.165, 1.54) is 20.0 Å². The molecule has 1 saturated heterocycles. The van der Waals surface area contributed by atoms with E-state index in [1.807, 2.05) is 35.2 Å². The highest BCUT2D eigenvalue weighted by Crippen LogP contribution is 2.66. The monoisotopic (exact) mass is 530 g/mol. The van der Waals surface area contributed by atoms with Crippen molar-refractivity contribution in [3.63, 3.8) is 0 Å². The number of methoxy groups -OCH3 is 1. The molecule has 2 N–H and O–H groups in total. The van der Waals surface area contributed by atoms with Gasteiger partial charge in [0.25, 0.3) is 5.91 Å². The summed E-state index contributed by atoms with van der Waals surface area (Å²) in [5.41, 5.74) is 1.74. The van der Waals surface area contributed by atoms with Crippen molar-refractivity contribution in [2.24, 2.45) is 5.92 Å². The number of likely N-dealkylation sites (tertiary alicyclic amines) is 1. The molecular formula is C31H34N2O6. The predicted molar refractivity (Wildman–Crippen MR) is 141 cm³/mol. The van der Waals surface area contributed by atoms with Gasteiger partial charge < -0.3 is 24.6 Å². The quantitative estimate of drug-likeness (QED) is 0.573. The van der Waals surface area contributed by atoms with Crippen LogP contribution in [-0.2, 0) is 21.4 Å². The molecule has 0 radical (unpaired) electrons. The second kappa shape index (κ2) is 7.98. The fraction of sp³-hybridized carbons (Fsp3) is 0.548. The van der Waals surface area contributed by atoms with E-state index in [9.17, 15) is 19.8 Å². The molecule has 6 aliphatic rings. The number of carbonyl (C=O) groups excluding carboxylic acids is 2. The van der Waals surface area contributed by atoms with E-state index in [-0.39, 0.29) is 36.1 Å². The third kappa shape index (κ3) is 2.96. The topological polar surface area (TPSA) is 99.5 Å². The summed E-state index contributed by atoms with van der Waals surface area (Å²) in [6.07, 6.45) is 4.56. The summed E-state index contributed by atoms with van der Waals surface area (Å²) in [5.74, 6) is 0.770. The van der Waals surface area contributed by atoms with Crippen molar-refractivity contribution in [3.8, 4) is 11.5 Å². The number of aliphatic hydroxyl groups is 1. The molecule has 2 aromatic rings. The fourth-order valence-electron chi connectivity index (χ4n) is 8.98. The Balaban J connectivity index is 1.26. The van der Waals surface area contributed by atoms with Crippen LogP contribution in [-0.4, -0.2) is 75.9 Å². The fourth-order valence-corrected chi connectivity index (χ4v) is 8.98. The number of fused-ring (bicyclic) bond motifs is 1. The van der Waals surface area contributed by atoms with Crippen LogP contribution in [0.25, 0.3) is 0 Å². The maximum atomic E-state index is 14.0. The summed E-state index contributed by atoms with van der Waals surface area (Å²) in [4.78, 5) is 30.9. The number of aromatic hydroxyl groups is 1. The Morgan fingerprint density at radius 2 is 1.97 bits per heavy atom. The molecule has 1 unspecified atom stereocenters. The largest absolute Gasteiger partial charge is 0.504 e. The lowest BCUT2D eigenvalue weighted by atomic mass is 9.48. The Hall–Kier alpha value is -3.10. The van der Waals surface area contributed by atoms with Crippen LogP contribution in [0.5, 0.6) is 11.5 Å². The van der Waals surface area contributed by atoms with Gasteiger partial charge in [-0.3, -0.25) is 14.5 Å². The first-order chi connectivity index (χ1) is 18.9. The highest BCUT2D eigenvalue weighted by Gasteiger charge is 2.74. The maximum Gasteiger partial charge on any atom is 0.307 e. The Morgan fingerprint density at radius 3 is 2.77 bits per heavy atom. The molecule has 2 saturated carbocycles. The lowest BCUT2D eigenvalue weighted by Crippen LogP contribution is -2.78. The minimum Gasteiger partial charge on any atom is -0.504 e. The number of carbonyl (C=O) groups is 2. The normalized spacial score (nSPS) is 35.8. The summed E-state index contributed by atoms with van der Waals surface area (Å²) in [6, 6.07) is 10.3. The summed E-state index contributed by atoms with van der Waals surface area (Å²) >= 11 is 0. The van der Waals surface area contributed by atoms with Crippen LogP contribution in [0.4, 0.5) is 0 Å². The van der Waals surface area contributed by atoms with Crippen molar-refractivity contribution in [3.05, 3.63) is 58.7 Å². The van der Waals surface area contributed by atoms with E-state index in [4.69, 9.17) is 9.47 Å². The van der Waals surface area contributed by atoms with Crippen LogP contribution in [0.15, 0.2) is 36.4 Å². The number of rotatable bonds is 5. The number of ether oxygens (including phenoxy) is 2. The number of hydrogen-bond donors (Lipinski definition) is 2. The molecule has 1 amide bonds. The van der Waals surface area contributed by atoms with Gasteiger partial charge in [0.2, 0.25) is 0 Å². The average Bonchev–Trinajstić information content (AvgIpc) is 3.62. The van der Waals surface area contributed by atoms with E-state index in [1.54, 1.807) is 6.07 Å².